The van der Waals surface area contributed by atoms with Gasteiger partial charge < -0.3 is 19.5 Å². The highest BCUT2D eigenvalue weighted by molar-refractivity contribution is 5.69. The van der Waals surface area contributed by atoms with Gasteiger partial charge in [0.1, 0.15) is 12.2 Å². The maximum atomic E-state index is 12.0. The summed E-state index contributed by atoms with van der Waals surface area (Å²) < 4.78 is 11.1. The van der Waals surface area contributed by atoms with Gasteiger partial charge in [-0.25, -0.2) is 4.79 Å². The fraction of sp³-hybridized carbons (Fsp3) is 0.500. The molecule has 1 atom stereocenters. The van der Waals surface area contributed by atoms with Crippen molar-refractivity contribution in [3.8, 4) is 0 Å². The Labute approximate surface area is 128 Å². The van der Waals surface area contributed by atoms with Gasteiger partial charge in [0.25, 0.3) is 0 Å². The molecule has 0 saturated carbocycles. The molecule has 3 rings (SSSR count). The Kier molecular flexibility index (Phi) is 4.02. The first-order valence-electron chi connectivity index (χ1n) is 7.42. The molecule has 0 bridgehead atoms. The third kappa shape index (κ3) is 3.22. The van der Waals surface area contributed by atoms with E-state index in [2.05, 4.69) is 0 Å². The predicted molar refractivity (Wildman–Crippen MR) is 77.3 cm³/mol. The Morgan fingerprint density at radius 2 is 2.05 bits per heavy atom. The van der Waals surface area contributed by atoms with E-state index in [0.29, 0.717) is 13.1 Å². The van der Waals surface area contributed by atoms with Crippen LogP contribution < -0.4 is 0 Å². The highest BCUT2D eigenvalue weighted by Crippen LogP contribution is 2.39. The third-order valence-electron chi connectivity index (χ3n) is 4.16. The molecule has 1 aromatic carbocycles. The second-order valence-electron chi connectivity index (χ2n) is 5.96. The zero-order chi connectivity index (χ0) is 15.6. The van der Waals surface area contributed by atoms with Crippen molar-refractivity contribution in [2.75, 3.05) is 13.1 Å². The van der Waals surface area contributed by atoms with Gasteiger partial charge in [0.2, 0.25) is 0 Å². The van der Waals surface area contributed by atoms with E-state index in [1.54, 1.807) is 4.90 Å². The van der Waals surface area contributed by atoms with Crippen LogP contribution in [0.25, 0.3) is 0 Å². The number of likely N-dealkylation sites (tertiary alicyclic amines) is 1. The van der Waals surface area contributed by atoms with Crippen molar-refractivity contribution in [3.63, 3.8) is 0 Å². The minimum absolute atomic E-state index is 0.0280. The molecule has 2 aliphatic rings. The van der Waals surface area contributed by atoms with Crippen molar-refractivity contribution in [1.29, 1.82) is 0 Å². The summed E-state index contributed by atoms with van der Waals surface area (Å²) in [6.45, 7) is 1.22. The number of nitrogens with zero attached hydrogens (tertiary/aromatic N) is 1. The number of ether oxygens (including phenoxy) is 2. The lowest BCUT2D eigenvalue weighted by atomic mass is 9.91. The summed E-state index contributed by atoms with van der Waals surface area (Å²) in [4.78, 5) is 24.3. The molecule has 2 fully saturated rings. The van der Waals surface area contributed by atoms with Gasteiger partial charge in [-0.05, 0) is 18.4 Å². The lowest BCUT2D eigenvalue weighted by molar-refractivity contribution is -0.149. The molecule has 2 heterocycles. The summed E-state index contributed by atoms with van der Waals surface area (Å²) in [7, 11) is 0. The topological polar surface area (TPSA) is 76.1 Å². The molecule has 0 aromatic heterocycles. The Morgan fingerprint density at radius 1 is 1.32 bits per heavy atom. The number of amides is 1. The molecule has 22 heavy (non-hydrogen) atoms. The lowest BCUT2D eigenvalue weighted by Gasteiger charge is -2.46. The Morgan fingerprint density at radius 3 is 2.73 bits per heavy atom. The summed E-state index contributed by atoms with van der Waals surface area (Å²) in [5.41, 5.74) is 0.594. The Hall–Kier alpha value is -2.08. The maximum absolute atomic E-state index is 12.0. The van der Waals surface area contributed by atoms with Crippen LogP contribution in [0.5, 0.6) is 0 Å². The minimum atomic E-state index is -0.847. The van der Waals surface area contributed by atoms with E-state index in [1.807, 2.05) is 30.3 Å². The van der Waals surface area contributed by atoms with Crippen LogP contribution in [0.3, 0.4) is 0 Å². The second kappa shape index (κ2) is 5.96. The van der Waals surface area contributed by atoms with E-state index >= 15 is 0 Å². The van der Waals surface area contributed by atoms with Crippen molar-refractivity contribution in [2.45, 2.75) is 37.6 Å². The van der Waals surface area contributed by atoms with Gasteiger partial charge >= 0.3 is 12.1 Å². The van der Waals surface area contributed by atoms with Crippen molar-refractivity contribution >= 4 is 12.1 Å². The molecular weight excluding hydrogens is 286 g/mol. The molecule has 1 unspecified atom stereocenters. The van der Waals surface area contributed by atoms with Gasteiger partial charge in [-0.1, -0.05) is 30.3 Å². The van der Waals surface area contributed by atoms with E-state index in [-0.39, 0.29) is 30.8 Å². The van der Waals surface area contributed by atoms with Crippen molar-refractivity contribution in [3.05, 3.63) is 35.9 Å². The van der Waals surface area contributed by atoms with Gasteiger partial charge in [-0.2, -0.15) is 0 Å². The predicted octanol–water partition coefficient (Wildman–Crippen LogP) is 2.03. The Balaban J connectivity index is 1.43. The van der Waals surface area contributed by atoms with Crippen molar-refractivity contribution in [2.24, 2.45) is 0 Å². The van der Waals surface area contributed by atoms with Gasteiger partial charge in [-0.3, -0.25) is 4.79 Å². The number of rotatable bonds is 4. The lowest BCUT2D eigenvalue weighted by Crippen LogP contribution is -2.63. The number of carbonyl (C=O) groups is 2. The smallest absolute Gasteiger partial charge is 0.410 e. The molecule has 1 aromatic rings. The van der Waals surface area contributed by atoms with E-state index < -0.39 is 5.97 Å². The molecule has 6 heteroatoms. The summed E-state index contributed by atoms with van der Waals surface area (Å²) in [5.74, 6) is -0.847. The first kappa shape index (κ1) is 14.8. The fourth-order valence-electron chi connectivity index (χ4n) is 3.06. The summed E-state index contributed by atoms with van der Waals surface area (Å²) >= 11 is 0. The van der Waals surface area contributed by atoms with Crippen molar-refractivity contribution < 1.29 is 24.2 Å². The van der Waals surface area contributed by atoms with Crippen LogP contribution in [0, 0.1) is 0 Å². The van der Waals surface area contributed by atoms with Crippen molar-refractivity contribution in [1.82, 2.24) is 4.90 Å². The number of carboxylic acids is 1. The summed E-state index contributed by atoms with van der Waals surface area (Å²) in [5, 5.41) is 8.79. The third-order valence-corrected chi connectivity index (χ3v) is 4.16. The quantitative estimate of drug-likeness (QED) is 0.921. The van der Waals surface area contributed by atoms with Crippen LogP contribution >= 0.6 is 0 Å². The van der Waals surface area contributed by atoms with Gasteiger partial charge in [-0.15, -0.1) is 0 Å². The van der Waals surface area contributed by atoms with Gasteiger partial charge in [0.05, 0.1) is 25.6 Å². The molecular formula is C16H19NO5. The highest BCUT2D eigenvalue weighted by Gasteiger charge is 2.51. The molecule has 118 valence electrons. The van der Waals surface area contributed by atoms with Crippen LogP contribution in [0.2, 0.25) is 0 Å². The van der Waals surface area contributed by atoms with E-state index in [4.69, 9.17) is 14.6 Å². The molecule has 2 aliphatic heterocycles. The monoisotopic (exact) mass is 305 g/mol. The molecule has 0 radical (unpaired) electrons. The van der Waals surface area contributed by atoms with Gasteiger partial charge in [0, 0.05) is 0 Å². The highest BCUT2D eigenvalue weighted by atomic mass is 16.6. The standard InChI is InChI=1S/C16H19NO5/c18-14(19)8-13-6-7-16(22-13)10-17(11-16)15(20)21-9-12-4-2-1-3-5-12/h1-5,13H,6-11H2,(H,18,19). The van der Waals surface area contributed by atoms with E-state index in [1.165, 1.54) is 0 Å². The number of carboxylic acid groups (broad SMARTS) is 1. The SMILES string of the molecule is O=C(O)CC1CCC2(CN(C(=O)OCc3ccccc3)C2)O1. The number of benzene rings is 1. The second-order valence-corrected chi connectivity index (χ2v) is 5.96. The molecule has 1 spiro atoms. The number of carbonyl (C=O) groups excluding carboxylic acids is 1. The van der Waals surface area contributed by atoms with Crippen LogP contribution in [0.15, 0.2) is 30.3 Å². The normalized spacial score (nSPS) is 22.4. The van der Waals surface area contributed by atoms with E-state index in [0.717, 1.165) is 18.4 Å². The zero-order valence-corrected chi connectivity index (χ0v) is 12.2. The number of aliphatic carboxylic acids is 1. The first-order chi connectivity index (χ1) is 10.6. The zero-order valence-electron chi connectivity index (χ0n) is 12.2. The Bertz CT molecular complexity index is 553. The largest absolute Gasteiger partial charge is 0.481 e. The fourth-order valence-corrected chi connectivity index (χ4v) is 3.06. The number of hydrogen-bond acceptors (Lipinski definition) is 4. The van der Waals surface area contributed by atoms with Crippen LogP contribution in [0.4, 0.5) is 4.79 Å². The molecule has 0 aliphatic carbocycles. The summed E-state index contributed by atoms with van der Waals surface area (Å²) in [6, 6.07) is 9.52. The van der Waals surface area contributed by atoms with E-state index in [9.17, 15) is 9.59 Å². The summed E-state index contributed by atoms with van der Waals surface area (Å²) in [6.07, 6.45) is 0.979. The van der Waals surface area contributed by atoms with Crippen LogP contribution in [-0.4, -0.2) is 46.9 Å². The molecule has 1 amide bonds. The molecule has 6 nitrogen and oxygen atoms in total. The average molecular weight is 305 g/mol. The number of hydrogen-bond donors (Lipinski definition) is 1. The minimum Gasteiger partial charge on any atom is -0.481 e. The molecule has 2 saturated heterocycles. The molecule has 1 N–H and O–H groups in total. The van der Waals surface area contributed by atoms with Crippen LogP contribution in [-0.2, 0) is 20.9 Å². The first-order valence-corrected chi connectivity index (χ1v) is 7.42. The van der Waals surface area contributed by atoms with Crippen LogP contribution in [0.1, 0.15) is 24.8 Å². The maximum Gasteiger partial charge on any atom is 0.410 e. The van der Waals surface area contributed by atoms with Gasteiger partial charge in [0.15, 0.2) is 0 Å². The average Bonchev–Trinajstić information content (AvgIpc) is 2.88.